The van der Waals surface area contributed by atoms with Gasteiger partial charge in [0.15, 0.2) is 0 Å². The Balaban J connectivity index is 2.58. The second kappa shape index (κ2) is 6.65. The molecule has 104 valence electrons. The number of sulfonamides is 1. The van der Waals surface area contributed by atoms with Crippen molar-refractivity contribution < 1.29 is 23.1 Å². The van der Waals surface area contributed by atoms with Crippen molar-refractivity contribution in [2.75, 3.05) is 6.54 Å². The summed E-state index contributed by atoms with van der Waals surface area (Å²) in [7, 11) is -3.79. The van der Waals surface area contributed by atoms with Gasteiger partial charge in [0, 0.05) is 11.4 Å². The van der Waals surface area contributed by atoms with E-state index in [2.05, 4.69) is 4.72 Å². The predicted octanol–water partition coefficient (Wildman–Crippen LogP) is 1.05. The molecule has 19 heavy (non-hydrogen) atoms. The summed E-state index contributed by atoms with van der Waals surface area (Å²) in [5.74, 6) is -1.59. The summed E-state index contributed by atoms with van der Waals surface area (Å²) in [4.78, 5) is 21.5. The van der Waals surface area contributed by atoms with E-state index in [9.17, 15) is 18.0 Å². The van der Waals surface area contributed by atoms with Gasteiger partial charge in [-0.05, 0) is 24.3 Å². The molecule has 0 saturated heterocycles. The number of carbonyl (C=O) groups excluding carboxylic acids is 1. The molecule has 0 aliphatic rings. The molecule has 0 radical (unpaired) electrons. The number of carbonyl (C=O) groups is 2. The number of carboxylic acid groups (broad SMARTS) is 1. The van der Waals surface area contributed by atoms with Crippen LogP contribution in [-0.4, -0.2) is 31.8 Å². The first-order valence-electron chi connectivity index (χ1n) is 5.30. The zero-order valence-corrected chi connectivity index (χ0v) is 11.4. The Morgan fingerprint density at radius 2 is 1.74 bits per heavy atom. The van der Waals surface area contributed by atoms with Crippen LogP contribution >= 0.6 is 11.6 Å². The summed E-state index contributed by atoms with van der Waals surface area (Å²) < 4.78 is 25.6. The zero-order chi connectivity index (χ0) is 14.5. The Morgan fingerprint density at radius 1 is 1.16 bits per heavy atom. The van der Waals surface area contributed by atoms with Crippen molar-refractivity contribution in [1.29, 1.82) is 0 Å². The van der Waals surface area contributed by atoms with E-state index in [4.69, 9.17) is 16.7 Å². The highest BCUT2D eigenvalue weighted by atomic mass is 35.5. The molecule has 0 unspecified atom stereocenters. The van der Waals surface area contributed by atoms with E-state index in [0.29, 0.717) is 5.02 Å². The highest BCUT2D eigenvalue weighted by Gasteiger charge is 2.15. The first kappa shape index (κ1) is 15.6. The van der Waals surface area contributed by atoms with Crippen molar-refractivity contribution in [2.24, 2.45) is 0 Å². The van der Waals surface area contributed by atoms with Gasteiger partial charge in [0.1, 0.15) is 5.78 Å². The van der Waals surface area contributed by atoms with Gasteiger partial charge in [0.2, 0.25) is 10.0 Å². The number of aliphatic carboxylic acids is 1. The summed E-state index contributed by atoms with van der Waals surface area (Å²) in [5.41, 5.74) is 0. The normalized spacial score (nSPS) is 11.2. The Kier molecular flexibility index (Phi) is 5.46. The van der Waals surface area contributed by atoms with Crippen molar-refractivity contribution in [3.05, 3.63) is 29.3 Å². The van der Waals surface area contributed by atoms with Crippen LogP contribution in [0.15, 0.2) is 29.2 Å². The third kappa shape index (κ3) is 5.37. The molecule has 0 aliphatic heterocycles. The molecule has 0 atom stereocenters. The molecule has 8 heteroatoms. The first-order valence-corrected chi connectivity index (χ1v) is 7.16. The Hall–Kier alpha value is -1.44. The minimum absolute atomic E-state index is 0.0112. The van der Waals surface area contributed by atoms with Gasteiger partial charge < -0.3 is 5.11 Å². The second-order valence-electron chi connectivity index (χ2n) is 3.71. The summed E-state index contributed by atoms with van der Waals surface area (Å²) in [6, 6.07) is 5.46. The SMILES string of the molecule is O=C(O)CCC(=O)CNS(=O)(=O)c1ccc(Cl)cc1. The third-order valence-electron chi connectivity index (χ3n) is 2.20. The molecule has 0 amide bonds. The lowest BCUT2D eigenvalue weighted by Crippen LogP contribution is -2.29. The summed E-state index contributed by atoms with van der Waals surface area (Å²) in [5, 5.41) is 8.79. The van der Waals surface area contributed by atoms with Gasteiger partial charge in [0.05, 0.1) is 17.9 Å². The van der Waals surface area contributed by atoms with Crippen LogP contribution in [0.1, 0.15) is 12.8 Å². The summed E-state index contributed by atoms with van der Waals surface area (Å²) in [6.45, 7) is -0.432. The molecule has 0 aromatic heterocycles. The van der Waals surface area contributed by atoms with Crippen LogP contribution in [0.25, 0.3) is 0 Å². The van der Waals surface area contributed by atoms with Gasteiger partial charge in [-0.3, -0.25) is 9.59 Å². The molecule has 6 nitrogen and oxygen atoms in total. The van der Waals surface area contributed by atoms with Crippen LogP contribution in [0.3, 0.4) is 0 Å². The minimum atomic E-state index is -3.79. The lowest BCUT2D eigenvalue weighted by Gasteiger charge is -2.05. The maximum Gasteiger partial charge on any atom is 0.303 e. The van der Waals surface area contributed by atoms with E-state index in [1.807, 2.05) is 0 Å². The molecule has 0 heterocycles. The van der Waals surface area contributed by atoms with Crippen LogP contribution in [0.2, 0.25) is 5.02 Å². The Morgan fingerprint density at radius 3 is 2.26 bits per heavy atom. The third-order valence-corrected chi connectivity index (χ3v) is 3.87. The van der Waals surface area contributed by atoms with Gasteiger partial charge in [-0.2, -0.15) is 0 Å². The van der Waals surface area contributed by atoms with E-state index in [0.717, 1.165) is 0 Å². The number of Topliss-reactive ketones (excluding diaryl/α,β-unsaturated/α-hetero) is 1. The van der Waals surface area contributed by atoms with Crippen LogP contribution in [0, 0.1) is 0 Å². The van der Waals surface area contributed by atoms with E-state index in [1.165, 1.54) is 24.3 Å². The number of halogens is 1. The largest absolute Gasteiger partial charge is 0.481 e. The predicted molar refractivity (Wildman–Crippen MR) is 68.5 cm³/mol. The minimum Gasteiger partial charge on any atom is -0.481 e. The molecule has 0 aliphatic carbocycles. The molecular formula is C11H12ClNO5S. The van der Waals surface area contributed by atoms with Gasteiger partial charge in [-0.1, -0.05) is 11.6 Å². The van der Waals surface area contributed by atoms with Crippen LogP contribution in [0.5, 0.6) is 0 Å². The van der Waals surface area contributed by atoms with Crippen LogP contribution in [0.4, 0.5) is 0 Å². The van der Waals surface area contributed by atoms with Crippen molar-refractivity contribution in [1.82, 2.24) is 4.72 Å². The van der Waals surface area contributed by atoms with E-state index < -0.39 is 28.3 Å². The number of hydrogen-bond donors (Lipinski definition) is 2. The van der Waals surface area contributed by atoms with Gasteiger partial charge >= 0.3 is 5.97 Å². The number of hydrogen-bond acceptors (Lipinski definition) is 4. The average molecular weight is 306 g/mol. The number of nitrogens with one attached hydrogen (secondary N) is 1. The van der Waals surface area contributed by atoms with Gasteiger partial charge in [-0.25, -0.2) is 13.1 Å². The fraction of sp³-hybridized carbons (Fsp3) is 0.273. The van der Waals surface area contributed by atoms with Gasteiger partial charge in [-0.15, -0.1) is 0 Å². The lowest BCUT2D eigenvalue weighted by molar-refractivity contribution is -0.138. The smallest absolute Gasteiger partial charge is 0.303 e. The number of ketones is 1. The fourth-order valence-electron chi connectivity index (χ4n) is 1.21. The average Bonchev–Trinajstić information content (AvgIpc) is 2.34. The summed E-state index contributed by atoms with van der Waals surface area (Å²) in [6.07, 6.45) is -0.528. The summed E-state index contributed by atoms with van der Waals surface area (Å²) >= 11 is 5.64. The van der Waals surface area contributed by atoms with E-state index in [-0.39, 0.29) is 17.7 Å². The van der Waals surface area contributed by atoms with Crippen molar-refractivity contribution in [3.63, 3.8) is 0 Å². The topological polar surface area (TPSA) is 101 Å². The molecule has 0 spiro atoms. The monoisotopic (exact) mass is 305 g/mol. The number of carboxylic acids is 1. The molecule has 0 bridgehead atoms. The van der Waals surface area contributed by atoms with E-state index >= 15 is 0 Å². The van der Waals surface area contributed by atoms with Crippen LogP contribution in [-0.2, 0) is 19.6 Å². The standard InChI is InChI=1S/C11H12ClNO5S/c12-8-1-4-10(5-2-8)19(17,18)13-7-9(14)3-6-11(15)16/h1-2,4-5,13H,3,6-7H2,(H,15,16). The van der Waals surface area contributed by atoms with Crippen molar-refractivity contribution in [2.45, 2.75) is 17.7 Å². The first-order chi connectivity index (χ1) is 8.81. The highest BCUT2D eigenvalue weighted by Crippen LogP contribution is 2.13. The molecular weight excluding hydrogens is 294 g/mol. The molecule has 1 aromatic carbocycles. The molecule has 2 N–H and O–H groups in total. The quantitative estimate of drug-likeness (QED) is 0.784. The number of rotatable bonds is 7. The maximum atomic E-state index is 11.8. The lowest BCUT2D eigenvalue weighted by atomic mass is 10.2. The molecule has 0 fully saturated rings. The highest BCUT2D eigenvalue weighted by molar-refractivity contribution is 7.89. The second-order valence-corrected chi connectivity index (χ2v) is 5.91. The van der Waals surface area contributed by atoms with E-state index in [1.54, 1.807) is 0 Å². The zero-order valence-electron chi connectivity index (χ0n) is 9.80. The molecule has 0 saturated carbocycles. The molecule has 1 rings (SSSR count). The fourth-order valence-corrected chi connectivity index (χ4v) is 2.35. The Labute approximate surface area is 115 Å². The van der Waals surface area contributed by atoms with Crippen LogP contribution < -0.4 is 4.72 Å². The van der Waals surface area contributed by atoms with Gasteiger partial charge in [0.25, 0.3) is 0 Å². The molecule has 1 aromatic rings. The van der Waals surface area contributed by atoms with Crippen molar-refractivity contribution >= 4 is 33.4 Å². The Bertz CT molecular complexity index is 567. The number of benzene rings is 1. The van der Waals surface area contributed by atoms with Crippen molar-refractivity contribution in [3.8, 4) is 0 Å². The maximum absolute atomic E-state index is 11.8.